The second-order valence-corrected chi connectivity index (χ2v) is 10.9. The molecule has 8 aromatic rings. The number of rotatable bonds is 3. The molecule has 2 heteroatoms. The summed E-state index contributed by atoms with van der Waals surface area (Å²) in [5, 5.41) is 7.29. The molecule has 2 nitrogen and oxygen atoms in total. The van der Waals surface area contributed by atoms with Crippen LogP contribution in [0, 0.1) is 0 Å². The van der Waals surface area contributed by atoms with Crippen LogP contribution in [0.25, 0.3) is 77.2 Å². The predicted molar refractivity (Wildman–Crippen MR) is 173 cm³/mol. The molecule has 0 unspecified atom stereocenters. The van der Waals surface area contributed by atoms with Crippen molar-refractivity contribution >= 4 is 32.3 Å². The molecule has 0 saturated heterocycles. The van der Waals surface area contributed by atoms with Crippen molar-refractivity contribution in [2.45, 2.75) is 0 Å². The van der Waals surface area contributed by atoms with Crippen molar-refractivity contribution in [2.75, 3.05) is 0 Å². The lowest BCUT2D eigenvalue weighted by molar-refractivity contribution is 0.487. The zero-order valence-corrected chi connectivity index (χ0v) is 22.7. The van der Waals surface area contributed by atoms with Gasteiger partial charge >= 0.3 is 0 Å². The Kier molecular flexibility index (Phi) is 4.93. The molecule has 0 spiro atoms. The third kappa shape index (κ3) is 3.45. The molecule has 0 N–H and O–H groups in total. The van der Waals surface area contributed by atoms with E-state index in [1.54, 1.807) is 0 Å². The van der Waals surface area contributed by atoms with Crippen molar-refractivity contribution in [3.8, 4) is 56.4 Å². The number of ether oxygens (including phenoxy) is 1. The molecular formula is C40H24O2. The standard InChI is InChI=1S/C40H24O2/c1-2-11-28-25(9-1)19-20-32-29(28)15-8-16-30(32)31-12-3-4-13-33(31)38-22-21-36(41-38)27-23-26-10-7-18-39-40(26)35(24-27)34-14-5-6-17-37(34)42-39/h1-24H. The molecule has 0 atom stereocenters. The first-order valence-electron chi connectivity index (χ1n) is 14.3. The zero-order valence-electron chi connectivity index (χ0n) is 22.7. The summed E-state index contributed by atoms with van der Waals surface area (Å²) in [6.07, 6.45) is 0. The second kappa shape index (κ2) is 8.95. The molecule has 1 aliphatic heterocycles. The van der Waals surface area contributed by atoms with Crippen molar-refractivity contribution < 1.29 is 9.15 Å². The monoisotopic (exact) mass is 536 g/mol. The van der Waals surface area contributed by atoms with Gasteiger partial charge in [0, 0.05) is 22.1 Å². The van der Waals surface area contributed by atoms with E-state index in [0.717, 1.165) is 56.0 Å². The van der Waals surface area contributed by atoms with E-state index in [2.05, 4.69) is 127 Å². The van der Waals surface area contributed by atoms with Gasteiger partial charge < -0.3 is 9.15 Å². The third-order valence-corrected chi connectivity index (χ3v) is 8.50. The van der Waals surface area contributed by atoms with Crippen LogP contribution in [-0.2, 0) is 0 Å². The summed E-state index contributed by atoms with van der Waals surface area (Å²) in [6.45, 7) is 0. The number of benzene rings is 7. The molecule has 1 aliphatic rings. The highest BCUT2D eigenvalue weighted by molar-refractivity contribution is 6.13. The van der Waals surface area contributed by atoms with Crippen molar-refractivity contribution in [2.24, 2.45) is 0 Å². The minimum Gasteiger partial charge on any atom is -0.456 e. The van der Waals surface area contributed by atoms with Gasteiger partial charge in [-0.15, -0.1) is 0 Å². The van der Waals surface area contributed by atoms with Crippen LogP contribution in [0.3, 0.4) is 0 Å². The van der Waals surface area contributed by atoms with Gasteiger partial charge in [-0.2, -0.15) is 0 Å². The molecule has 0 amide bonds. The van der Waals surface area contributed by atoms with Crippen molar-refractivity contribution in [1.29, 1.82) is 0 Å². The summed E-state index contributed by atoms with van der Waals surface area (Å²) in [5.74, 6) is 3.47. The molecule has 7 aromatic carbocycles. The highest BCUT2D eigenvalue weighted by Gasteiger charge is 2.22. The van der Waals surface area contributed by atoms with Crippen LogP contribution in [0.15, 0.2) is 150 Å². The molecule has 0 saturated carbocycles. The Balaban J connectivity index is 1.19. The summed E-state index contributed by atoms with van der Waals surface area (Å²) >= 11 is 0. The van der Waals surface area contributed by atoms with E-state index in [-0.39, 0.29) is 0 Å². The fourth-order valence-electron chi connectivity index (χ4n) is 6.58. The molecule has 0 radical (unpaired) electrons. The molecule has 9 rings (SSSR count). The van der Waals surface area contributed by atoms with E-state index in [1.807, 2.05) is 18.2 Å². The van der Waals surface area contributed by atoms with Gasteiger partial charge in [-0.05, 0) is 80.0 Å². The van der Waals surface area contributed by atoms with Gasteiger partial charge in [0.2, 0.25) is 0 Å². The van der Waals surface area contributed by atoms with E-state index < -0.39 is 0 Å². The van der Waals surface area contributed by atoms with Gasteiger partial charge in [0.1, 0.15) is 23.0 Å². The third-order valence-electron chi connectivity index (χ3n) is 8.50. The molecular weight excluding hydrogens is 512 g/mol. The van der Waals surface area contributed by atoms with E-state index in [4.69, 9.17) is 9.15 Å². The summed E-state index contributed by atoms with van der Waals surface area (Å²) in [4.78, 5) is 0. The van der Waals surface area contributed by atoms with Crippen LogP contribution in [0.5, 0.6) is 11.5 Å². The Bertz CT molecular complexity index is 2340. The molecule has 42 heavy (non-hydrogen) atoms. The van der Waals surface area contributed by atoms with Crippen molar-refractivity contribution in [1.82, 2.24) is 0 Å². The van der Waals surface area contributed by atoms with Gasteiger partial charge in [0.05, 0.1) is 0 Å². The Morgan fingerprint density at radius 3 is 2.00 bits per heavy atom. The fraction of sp³-hybridized carbons (Fsp3) is 0. The maximum atomic E-state index is 6.65. The van der Waals surface area contributed by atoms with Crippen LogP contribution < -0.4 is 4.74 Å². The highest BCUT2D eigenvalue weighted by atomic mass is 16.5. The first kappa shape index (κ1) is 23.1. The highest BCUT2D eigenvalue weighted by Crippen LogP contribution is 2.48. The zero-order chi connectivity index (χ0) is 27.6. The Morgan fingerprint density at radius 1 is 0.357 bits per heavy atom. The summed E-state index contributed by atoms with van der Waals surface area (Å²) in [7, 11) is 0. The average Bonchev–Trinajstić information content (AvgIpc) is 3.55. The quantitative estimate of drug-likeness (QED) is 0.210. The molecule has 0 aliphatic carbocycles. The van der Waals surface area contributed by atoms with Crippen LogP contribution >= 0.6 is 0 Å². The smallest absolute Gasteiger partial charge is 0.135 e. The van der Waals surface area contributed by atoms with Gasteiger partial charge in [0.15, 0.2) is 0 Å². The maximum Gasteiger partial charge on any atom is 0.135 e. The fourth-order valence-corrected chi connectivity index (χ4v) is 6.58. The number of para-hydroxylation sites is 1. The minimum atomic E-state index is 0.844. The van der Waals surface area contributed by atoms with Crippen LogP contribution in [0.2, 0.25) is 0 Å². The Hall–Kier alpha value is -5.60. The van der Waals surface area contributed by atoms with Crippen LogP contribution in [0.1, 0.15) is 0 Å². The SMILES string of the molecule is c1ccc2c(c1)Oc1cccc3cc(-c4ccc(-c5ccccc5-c5cccc6c5ccc5ccccc56)o4)cc-2c13. The van der Waals surface area contributed by atoms with E-state index in [1.165, 1.54) is 32.7 Å². The summed E-state index contributed by atoms with van der Waals surface area (Å²) in [6, 6.07) is 51.3. The van der Waals surface area contributed by atoms with Gasteiger partial charge in [0.25, 0.3) is 0 Å². The number of hydrogen-bond acceptors (Lipinski definition) is 2. The lowest BCUT2D eigenvalue weighted by Gasteiger charge is -2.21. The first-order chi connectivity index (χ1) is 20.8. The largest absolute Gasteiger partial charge is 0.456 e. The van der Waals surface area contributed by atoms with E-state index in [9.17, 15) is 0 Å². The first-order valence-corrected chi connectivity index (χ1v) is 14.3. The topological polar surface area (TPSA) is 22.4 Å². The normalized spacial score (nSPS) is 12.0. The summed E-state index contributed by atoms with van der Waals surface area (Å²) < 4.78 is 12.9. The van der Waals surface area contributed by atoms with E-state index >= 15 is 0 Å². The maximum absolute atomic E-state index is 6.65. The number of hydrogen-bond donors (Lipinski definition) is 0. The van der Waals surface area contributed by atoms with Gasteiger partial charge in [-0.3, -0.25) is 0 Å². The van der Waals surface area contributed by atoms with Crippen LogP contribution in [-0.4, -0.2) is 0 Å². The molecule has 0 fully saturated rings. The van der Waals surface area contributed by atoms with E-state index in [0.29, 0.717) is 0 Å². The molecule has 0 bridgehead atoms. The van der Waals surface area contributed by atoms with Crippen molar-refractivity contribution in [3.05, 3.63) is 146 Å². The second-order valence-electron chi connectivity index (χ2n) is 10.9. The lowest BCUT2D eigenvalue weighted by atomic mass is 9.92. The van der Waals surface area contributed by atoms with Gasteiger partial charge in [-0.1, -0.05) is 109 Å². The molecule has 1 aromatic heterocycles. The average molecular weight is 537 g/mol. The molecule has 196 valence electrons. The Labute approximate surface area is 243 Å². The predicted octanol–water partition coefficient (Wildman–Crippen LogP) is 11.5. The van der Waals surface area contributed by atoms with Crippen molar-refractivity contribution in [3.63, 3.8) is 0 Å². The number of furan rings is 1. The van der Waals surface area contributed by atoms with Crippen LogP contribution in [0.4, 0.5) is 0 Å². The minimum absolute atomic E-state index is 0.844. The summed E-state index contributed by atoms with van der Waals surface area (Å²) in [5.41, 5.74) is 6.75. The number of fused-ring (bicyclic) bond motifs is 5. The Morgan fingerprint density at radius 2 is 1.05 bits per heavy atom. The molecule has 2 heterocycles. The van der Waals surface area contributed by atoms with Gasteiger partial charge in [-0.25, -0.2) is 0 Å². The lowest BCUT2D eigenvalue weighted by Crippen LogP contribution is -1.97.